The highest BCUT2D eigenvalue weighted by Crippen LogP contribution is 2.34. The minimum atomic E-state index is -4.76. The minimum Gasteiger partial charge on any atom is -0.497 e. The van der Waals surface area contributed by atoms with Gasteiger partial charge in [-0.1, -0.05) is 17.3 Å². The van der Waals surface area contributed by atoms with Crippen LogP contribution in [-0.2, 0) is 16.2 Å². The van der Waals surface area contributed by atoms with E-state index in [1.807, 2.05) is 0 Å². The minimum absolute atomic E-state index is 0.0861. The van der Waals surface area contributed by atoms with Crippen molar-refractivity contribution in [2.24, 2.45) is 0 Å². The molecule has 1 atom stereocenters. The molecule has 3 aromatic rings. The number of alkyl halides is 3. The van der Waals surface area contributed by atoms with Crippen LogP contribution >= 0.6 is 0 Å². The molecule has 8 nitrogen and oxygen atoms in total. The molecule has 0 bridgehead atoms. The summed E-state index contributed by atoms with van der Waals surface area (Å²) in [5.74, 6) is -0.956. The number of methoxy groups -OCH3 is 1. The van der Waals surface area contributed by atoms with Gasteiger partial charge in [-0.3, -0.25) is 0 Å². The highest BCUT2D eigenvalue weighted by Gasteiger charge is 2.39. The van der Waals surface area contributed by atoms with Crippen molar-refractivity contribution >= 4 is 10.0 Å². The summed E-state index contributed by atoms with van der Waals surface area (Å²) in [7, 11) is -2.24. The Morgan fingerprint density at radius 2 is 1.84 bits per heavy atom. The number of benzene rings is 2. The van der Waals surface area contributed by atoms with E-state index in [0.717, 1.165) is 0 Å². The van der Waals surface area contributed by atoms with Gasteiger partial charge in [0, 0.05) is 6.54 Å². The first-order valence-corrected chi connectivity index (χ1v) is 10.9. The van der Waals surface area contributed by atoms with Crippen molar-refractivity contribution in [3.63, 3.8) is 0 Å². The number of para-hydroxylation sites is 1. The number of ether oxygens (including phenoxy) is 2. The summed E-state index contributed by atoms with van der Waals surface area (Å²) in [6.07, 6.45) is -4.86. The second-order valence-corrected chi connectivity index (χ2v) is 8.92. The van der Waals surface area contributed by atoms with E-state index in [9.17, 15) is 21.6 Å². The highest BCUT2D eigenvalue weighted by molar-refractivity contribution is 7.89. The van der Waals surface area contributed by atoms with Crippen molar-refractivity contribution in [2.45, 2.75) is 23.6 Å². The molecule has 0 N–H and O–H groups in total. The van der Waals surface area contributed by atoms with Gasteiger partial charge in [-0.25, -0.2) is 8.42 Å². The van der Waals surface area contributed by atoms with Gasteiger partial charge in [0.1, 0.15) is 17.6 Å². The Hall–Kier alpha value is -3.12. The smallest absolute Gasteiger partial charge is 0.471 e. The molecule has 170 valence electrons. The monoisotopic (exact) mass is 469 g/mol. The molecule has 12 heteroatoms. The summed E-state index contributed by atoms with van der Waals surface area (Å²) in [4.78, 5) is 3.53. The molecule has 0 radical (unpaired) electrons. The molecular formula is C20H18F3N3O5S. The average Bonchev–Trinajstić information content (AvgIpc) is 3.44. The lowest BCUT2D eigenvalue weighted by molar-refractivity contribution is -0.159. The summed E-state index contributed by atoms with van der Waals surface area (Å²) in [5, 5.41) is 3.39. The molecule has 1 unspecified atom stereocenters. The van der Waals surface area contributed by atoms with Gasteiger partial charge >= 0.3 is 12.1 Å². The number of hydrogen-bond acceptors (Lipinski definition) is 7. The van der Waals surface area contributed by atoms with Gasteiger partial charge in [-0.15, -0.1) is 0 Å². The Bertz CT molecular complexity index is 1200. The van der Waals surface area contributed by atoms with Crippen LogP contribution in [0.25, 0.3) is 11.4 Å². The lowest BCUT2D eigenvalue weighted by Gasteiger charge is -2.18. The van der Waals surface area contributed by atoms with Crippen molar-refractivity contribution in [1.29, 1.82) is 0 Å². The number of halogens is 3. The number of rotatable bonds is 6. The fourth-order valence-corrected chi connectivity index (χ4v) is 4.78. The lowest BCUT2D eigenvalue weighted by Crippen LogP contribution is -2.31. The fourth-order valence-electron chi connectivity index (χ4n) is 3.29. The molecule has 1 aliphatic rings. The third kappa shape index (κ3) is 4.41. The quantitative estimate of drug-likeness (QED) is 0.544. The molecule has 0 spiro atoms. The zero-order chi connectivity index (χ0) is 22.9. The molecule has 1 fully saturated rings. The van der Waals surface area contributed by atoms with Gasteiger partial charge in [0.15, 0.2) is 0 Å². The standard InChI is InChI=1S/C20H18F3N3O5S/c1-29-13-6-8-15(9-7-13)32(27,28)26-11-10-14(12-26)30-17-5-3-2-4-16(17)18-24-19(31-25-18)20(21,22)23/h2-9,14H,10-12H2,1H3. The van der Waals surface area contributed by atoms with Crippen LogP contribution in [0.3, 0.4) is 0 Å². The van der Waals surface area contributed by atoms with Crippen LogP contribution < -0.4 is 9.47 Å². The maximum absolute atomic E-state index is 12.9. The lowest BCUT2D eigenvalue weighted by atomic mass is 10.2. The molecule has 1 saturated heterocycles. The first kappa shape index (κ1) is 22.1. The molecule has 32 heavy (non-hydrogen) atoms. The molecule has 2 heterocycles. The van der Waals surface area contributed by atoms with Gasteiger partial charge < -0.3 is 14.0 Å². The van der Waals surface area contributed by atoms with E-state index in [4.69, 9.17) is 9.47 Å². The van der Waals surface area contributed by atoms with E-state index < -0.39 is 28.2 Å². The zero-order valence-corrected chi connectivity index (χ0v) is 17.6. The normalized spacial score (nSPS) is 17.4. The van der Waals surface area contributed by atoms with E-state index in [1.165, 1.54) is 29.6 Å². The topological polar surface area (TPSA) is 94.8 Å². The van der Waals surface area contributed by atoms with Crippen molar-refractivity contribution in [2.75, 3.05) is 20.2 Å². The Morgan fingerprint density at radius 3 is 2.50 bits per heavy atom. The van der Waals surface area contributed by atoms with Crippen molar-refractivity contribution in [3.05, 3.63) is 54.4 Å². The van der Waals surface area contributed by atoms with Crippen LogP contribution in [-0.4, -0.2) is 49.2 Å². The second-order valence-electron chi connectivity index (χ2n) is 6.98. The zero-order valence-electron chi connectivity index (χ0n) is 16.7. The number of aromatic nitrogens is 2. The summed E-state index contributed by atoms with van der Waals surface area (Å²) in [6.45, 7) is 0.324. The third-order valence-corrected chi connectivity index (χ3v) is 6.77. The predicted molar refractivity (Wildman–Crippen MR) is 106 cm³/mol. The molecule has 2 aromatic carbocycles. The predicted octanol–water partition coefficient (Wildman–Crippen LogP) is 3.61. The molecule has 1 aliphatic heterocycles. The van der Waals surface area contributed by atoms with E-state index in [1.54, 1.807) is 30.3 Å². The summed E-state index contributed by atoms with van der Waals surface area (Å²) >= 11 is 0. The highest BCUT2D eigenvalue weighted by atomic mass is 32.2. The molecular weight excluding hydrogens is 451 g/mol. The van der Waals surface area contributed by atoms with Gasteiger partial charge in [0.2, 0.25) is 15.8 Å². The summed E-state index contributed by atoms with van der Waals surface area (Å²) in [6, 6.07) is 12.4. The van der Waals surface area contributed by atoms with E-state index in [-0.39, 0.29) is 35.1 Å². The molecule has 1 aromatic heterocycles. The fraction of sp³-hybridized carbons (Fsp3) is 0.300. The van der Waals surface area contributed by atoms with Gasteiger partial charge in [0.05, 0.1) is 24.1 Å². The number of sulfonamides is 1. The van der Waals surface area contributed by atoms with Crippen LogP contribution in [0.2, 0.25) is 0 Å². The molecule has 0 aliphatic carbocycles. The average molecular weight is 469 g/mol. The molecule has 0 amide bonds. The molecule has 4 rings (SSSR count). The summed E-state index contributed by atoms with van der Waals surface area (Å²) in [5.41, 5.74) is 0.211. The SMILES string of the molecule is COc1ccc(S(=O)(=O)N2CCC(Oc3ccccc3-c3noc(C(F)(F)F)n3)C2)cc1. The van der Waals surface area contributed by atoms with Crippen LogP contribution in [0.1, 0.15) is 12.3 Å². The Kier molecular flexibility index (Phi) is 5.82. The van der Waals surface area contributed by atoms with Crippen molar-refractivity contribution < 1.29 is 35.6 Å². The maximum atomic E-state index is 12.9. The van der Waals surface area contributed by atoms with E-state index >= 15 is 0 Å². The first-order chi connectivity index (χ1) is 15.2. The van der Waals surface area contributed by atoms with E-state index in [2.05, 4.69) is 14.7 Å². The maximum Gasteiger partial charge on any atom is 0.471 e. The van der Waals surface area contributed by atoms with Gasteiger partial charge in [-0.2, -0.15) is 22.5 Å². The largest absolute Gasteiger partial charge is 0.497 e. The Morgan fingerprint density at radius 1 is 1.12 bits per heavy atom. The van der Waals surface area contributed by atoms with Crippen LogP contribution in [0.15, 0.2) is 57.9 Å². The van der Waals surface area contributed by atoms with E-state index in [0.29, 0.717) is 12.2 Å². The third-order valence-electron chi connectivity index (χ3n) is 4.90. The summed E-state index contributed by atoms with van der Waals surface area (Å²) < 4.78 is 80.7. The van der Waals surface area contributed by atoms with Gasteiger partial charge in [-0.05, 0) is 42.8 Å². The van der Waals surface area contributed by atoms with Gasteiger partial charge in [0.25, 0.3) is 0 Å². The first-order valence-electron chi connectivity index (χ1n) is 9.49. The van der Waals surface area contributed by atoms with Crippen LogP contribution in [0.5, 0.6) is 11.5 Å². The van der Waals surface area contributed by atoms with Crippen molar-refractivity contribution in [1.82, 2.24) is 14.4 Å². The number of nitrogens with zero attached hydrogens (tertiary/aromatic N) is 3. The Balaban J connectivity index is 1.50. The number of hydrogen-bond donors (Lipinski definition) is 0. The van der Waals surface area contributed by atoms with Crippen molar-refractivity contribution in [3.8, 4) is 22.9 Å². The second kappa shape index (κ2) is 8.43. The van der Waals surface area contributed by atoms with Crippen LogP contribution in [0, 0.1) is 0 Å². The Labute approximate surface area is 181 Å². The molecule has 0 saturated carbocycles. The van der Waals surface area contributed by atoms with Crippen LogP contribution in [0.4, 0.5) is 13.2 Å².